The van der Waals surface area contributed by atoms with Crippen LogP contribution in [-0.2, 0) is 9.63 Å². The molecule has 3 nitrogen and oxygen atoms in total. The Kier molecular flexibility index (Phi) is 3.96. The minimum atomic E-state index is 0.211. The number of hydrogen-bond acceptors (Lipinski definition) is 3. The summed E-state index contributed by atoms with van der Waals surface area (Å²) in [7, 11) is 0. The first-order valence-corrected chi connectivity index (χ1v) is 9.95. The number of carbonyl (C=O) groups is 1. The highest BCUT2D eigenvalue weighted by Gasteiger charge is 2.59. The van der Waals surface area contributed by atoms with E-state index in [0.29, 0.717) is 17.1 Å². The van der Waals surface area contributed by atoms with Gasteiger partial charge in [-0.3, -0.25) is 4.79 Å². The molecule has 3 heteroatoms. The van der Waals surface area contributed by atoms with Gasteiger partial charge in [0, 0.05) is 5.92 Å². The quantitative estimate of drug-likeness (QED) is 0.602. The zero-order valence-electron chi connectivity index (χ0n) is 15.5. The largest absolute Gasteiger partial charge is 0.301 e. The smallest absolute Gasteiger partial charge is 0.133 e. The van der Waals surface area contributed by atoms with Crippen molar-refractivity contribution in [1.82, 2.24) is 0 Å². The van der Waals surface area contributed by atoms with Gasteiger partial charge in [-0.2, -0.15) is 0 Å². The number of allylic oxidation sites excluding steroid dienone is 1. The van der Waals surface area contributed by atoms with Crippen LogP contribution in [0, 0.1) is 34.5 Å². The van der Waals surface area contributed by atoms with Gasteiger partial charge in [0.1, 0.15) is 5.78 Å². The van der Waals surface area contributed by atoms with Crippen molar-refractivity contribution >= 4 is 5.78 Å². The second kappa shape index (κ2) is 5.67. The van der Waals surface area contributed by atoms with Gasteiger partial charge in [0.05, 0.1) is 6.10 Å². The maximum Gasteiger partial charge on any atom is 0.133 e. The fourth-order valence-corrected chi connectivity index (χ4v) is 7.41. The van der Waals surface area contributed by atoms with Gasteiger partial charge in [0.2, 0.25) is 0 Å². The number of fused-ring (bicyclic) bond motifs is 5. The topological polar surface area (TPSA) is 52.3 Å². The summed E-state index contributed by atoms with van der Waals surface area (Å²) in [5, 5.41) is 0. The Bertz CT molecular complexity index is 570. The van der Waals surface area contributed by atoms with Crippen molar-refractivity contribution in [1.29, 1.82) is 0 Å². The van der Waals surface area contributed by atoms with Crippen molar-refractivity contribution in [2.45, 2.75) is 78.2 Å². The fourth-order valence-electron chi connectivity index (χ4n) is 7.41. The van der Waals surface area contributed by atoms with Crippen molar-refractivity contribution in [3.8, 4) is 0 Å². The van der Waals surface area contributed by atoms with Crippen LogP contribution in [0.25, 0.3) is 0 Å². The molecule has 4 rings (SSSR count). The molecule has 0 bridgehead atoms. The molecule has 0 heterocycles. The summed E-state index contributed by atoms with van der Waals surface area (Å²) in [5.74, 6) is 8.51. The van der Waals surface area contributed by atoms with Crippen LogP contribution in [0.1, 0.15) is 72.1 Å². The standard InChI is InChI=1S/C21H33NO2/c1-13(23)17-6-7-18-16-5-4-14-12-15(24-22)8-10-20(14,2)19(16)9-11-21(17,18)3/h4,15-19H,5-12,22H2,1-3H3. The van der Waals surface area contributed by atoms with E-state index in [9.17, 15) is 4.79 Å². The third-order valence-electron chi connectivity index (χ3n) is 8.74. The van der Waals surface area contributed by atoms with E-state index < -0.39 is 0 Å². The minimum absolute atomic E-state index is 0.211. The van der Waals surface area contributed by atoms with Gasteiger partial charge in [-0.1, -0.05) is 25.5 Å². The third-order valence-corrected chi connectivity index (χ3v) is 8.74. The number of hydrogen-bond donors (Lipinski definition) is 1. The molecule has 0 aromatic carbocycles. The number of rotatable bonds is 2. The summed E-state index contributed by atoms with van der Waals surface area (Å²) >= 11 is 0. The molecule has 3 fully saturated rings. The van der Waals surface area contributed by atoms with Crippen LogP contribution < -0.4 is 5.90 Å². The number of carbonyl (C=O) groups excluding carboxylic acids is 1. The monoisotopic (exact) mass is 331 g/mol. The Morgan fingerprint density at radius 2 is 1.96 bits per heavy atom. The van der Waals surface area contributed by atoms with Gasteiger partial charge in [-0.05, 0) is 86.9 Å². The van der Waals surface area contributed by atoms with E-state index in [1.165, 1.54) is 32.1 Å². The summed E-state index contributed by atoms with van der Waals surface area (Å²) < 4.78 is 0. The minimum Gasteiger partial charge on any atom is -0.301 e. The molecule has 4 aliphatic carbocycles. The lowest BCUT2D eigenvalue weighted by molar-refractivity contribution is -0.127. The molecule has 0 aromatic rings. The SMILES string of the molecule is CC(=O)C1CCC2C3CC=C4CC(ON)CCC4(C)C3CCC12C. The maximum atomic E-state index is 12.2. The normalized spacial score (nSPS) is 50.5. The molecule has 0 amide bonds. The molecule has 4 aliphatic rings. The first-order chi connectivity index (χ1) is 11.4. The van der Waals surface area contributed by atoms with Crippen molar-refractivity contribution in [2.24, 2.45) is 40.4 Å². The van der Waals surface area contributed by atoms with Crippen molar-refractivity contribution in [2.75, 3.05) is 0 Å². The van der Waals surface area contributed by atoms with Gasteiger partial charge in [-0.15, -0.1) is 0 Å². The fraction of sp³-hybridized carbons (Fsp3) is 0.857. The summed E-state index contributed by atoms with van der Waals surface area (Å²) in [6, 6.07) is 0. The number of nitrogens with two attached hydrogens (primary N) is 1. The molecule has 7 unspecified atom stereocenters. The van der Waals surface area contributed by atoms with Crippen molar-refractivity contribution in [3.05, 3.63) is 11.6 Å². The lowest BCUT2D eigenvalue weighted by atomic mass is 9.47. The third kappa shape index (κ3) is 2.20. The van der Waals surface area contributed by atoms with E-state index in [-0.39, 0.29) is 11.5 Å². The van der Waals surface area contributed by atoms with Gasteiger partial charge < -0.3 is 4.84 Å². The van der Waals surface area contributed by atoms with Gasteiger partial charge in [0.25, 0.3) is 0 Å². The maximum absolute atomic E-state index is 12.2. The Morgan fingerprint density at radius 3 is 2.67 bits per heavy atom. The molecular weight excluding hydrogens is 298 g/mol. The highest BCUT2D eigenvalue weighted by Crippen LogP contribution is 2.66. The molecule has 24 heavy (non-hydrogen) atoms. The zero-order chi connectivity index (χ0) is 17.1. The zero-order valence-corrected chi connectivity index (χ0v) is 15.5. The molecule has 0 saturated heterocycles. The lowest BCUT2D eigenvalue weighted by Gasteiger charge is -2.58. The predicted octanol–water partition coefficient (Wildman–Crippen LogP) is 4.41. The highest BCUT2D eigenvalue weighted by atomic mass is 16.6. The molecule has 134 valence electrons. The van der Waals surface area contributed by atoms with E-state index >= 15 is 0 Å². The summed E-state index contributed by atoms with van der Waals surface area (Å²) in [5.41, 5.74) is 2.20. The first-order valence-electron chi connectivity index (χ1n) is 9.95. The van der Waals surface area contributed by atoms with E-state index in [0.717, 1.165) is 37.0 Å². The van der Waals surface area contributed by atoms with Crippen LogP contribution >= 0.6 is 0 Å². The van der Waals surface area contributed by atoms with Crippen LogP contribution in [0.3, 0.4) is 0 Å². The average Bonchev–Trinajstić information content (AvgIpc) is 2.91. The molecule has 0 radical (unpaired) electrons. The summed E-state index contributed by atoms with van der Waals surface area (Å²) in [4.78, 5) is 17.4. The molecule has 2 N–H and O–H groups in total. The number of Topliss-reactive ketones (excluding diaryl/α,β-unsaturated/α-hetero) is 1. The highest BCUT2D eigenvalue weighted by molar-refractivity contribution is 5.79. The van der Waals surface area contributed by atoms with Crippen LogP contribution in [0.15, 0.2) is 11.6 Å². The van der Waals surface area contributed by atoms with Crippen molar-refractivity contribution < 1.29 is 9.63 Å². The van der Waals surface area contributed by atoms with Gasteiger partial charge in [-0.25, -0.2) is 5.90 Å². The Balaban J connectivity index is 1.63. The second-order valence-corrected chi connectivity index (χ2v) is 9.55. The molecule has 0 aliphatic heterocycles. The van der Waals surface area contributed by atoms with E-state index in [4.69, 9.17) is 10.7 Å². The van der Waals surface area contributed by atoms with Crippen LogP contribution in [0.4, 0.5) is 0 Å². The van der Waals surface area contributed by atoms with Gasteiger partial charge >= 0.3 is 0 Å². The van der Waals surface area contributed by atoms with Crippen LogP contribution in [0.5, 0.6) is 0 Å². The molecular formula is C21H33NO2. The second-order valence-electron chi connectivity index (χ2n) is 9.55. The van der Waals surface area contributed by atoms with E-state index in [2.05, 4.69) is 19.9 Å². The lowest BCUT2D eigenvalue weighted by Crippen LogP contribution is -2.51. The molecule has 3 saturated carbocycles. The van der Waals surface area contributed by atoms with E-state index in [1.807, 2.05) is 6.92 Å². The molecule has 0 spiro atoms. The van der Waals surface area contributed by atoms with Crippen molar-refractivity contribution in [3.63, 3.8) is 0 Å². The van der Waals surface area contributed by atoms with Crippen LogP contribution in [-0.4, -0.2) is 11.9 Å². The predicted molar refractivity (Wildman–Crippen MR) is 94.9 cm³/mol. The Hall–Kier alpha value is -0.670. The molecule has 7 atom stereocenters. The van der Waals surface area contributed by atoms with E-state index in [1.54, 1.807) is 5.57 Å². The number of ketones is 1. The first kappa shape index (κ1) is 16.8. The van der Waals surface area contributed by atoms with Crippen LogP contribution in [0.2, 0.25) is 0 Å². The summed E-state index contributed by atoms with van der Waals surface area (Å²) in [6.07, 6.45) is 12.2. The molecule has 0 aromatic heterocycles. The average molecular weight is 332 g/mol. The van der Waals surface area contributed by atoms with Gasteiger partial charge in [0.15, 0.2) is 0 Å². The Labute approximate surface area is 146 Å². The summed E-state index contributed by atoms with van der Waals surface area (Å²) in [6.45, 7) is 6.74. The Morgan fingerprint density at radius 1 is 1.17 bits per heavy atom.